The van der Waals surface area contributed by atoms with Crippen LogP contribution in [0, 0.1) is 5.92 Å². The van der Waals surface area contributed by atoms with E-state index in [0.29, 0.717) is 23.3 Å². The van der Waals surface area contributed by atoms with E-state index in [2.05, 4.69) is 18.6 Å². The molecular weight excluding hydrogens is 296 g/mol. The van der Waals surface area contributed by atoms with Crippen LogP contribution in [0.15, 0.2) is 29.2 Å². The Bertz CT molecular complexity index is 525. The van der Waals surface area contributed by atoms with Crippen LogP contribution in [0.4, 0.5) is 0 Å². The van der Waals surface area contributed by atoms with E-state index in [0.717, 1.165) is 18.4 Å². The number of nitrogens with one attached hydrogen (secondary N) is 1. The highest BCUT2D eigenvalue weighted by Gasteiger charge is 2.29. The van der Waals surface area contributed by atoms with E-state index in [1.165, 1.54) is 0 Å². The van der Waals surface area contributed by atoms with Crippen LogP contribution in [0.2, 0.25) is 0 Å². The Hall–Kier alpha value is -0.620. The van der Waals surface area contributed by atoms with Crippen molar-refractivity contribution in [1.82, 2.24) is 4.72 Å². The quantitative estimate of drug-likeness (QED) is 0.845. The van der Waals surface area contributed by atoms with E-state index in [9.17, 15) is 8.42 Å². The predicted molar refractivity (Wildman–Crippen MR) is 83.7 cm³/mol. The lowest BCUT2D eigenvalue weighted by atomic mass is 10.0. The van der Waals surface area contributed by atoms with Crippen molar-refractivity contribution in [2.24, 2.45) is 11.7 Å². The van der Waals surface area contributed by atoms with Crippen molar-refractivity contribution in [1.29, 1.82) is 0 Å². The van der Waals surface area contributed by atoms with Crippen molar-refractivity contribution in [3.63, 3.8) is 0 Å². The van der Waals surface area contributed by atoms with E-state index < -0.39 is 10.0 Å². The Labute approximate surface area is 127 Å². The van der Waals surface area contributed by atoms with Crippen molar-refractivity contribution in [3.05, 3.63) is 29.8 Å². The summed E-state index contributed by atoms with van der Waals surface area (Å²) in [6, 6.07) is 6.96. The molecule has 1 aromatic carbocycles. The number of sulfonamides is 1. The van der Waals surface area contributed by atoms with Crippen LogP contribution in [0.25, 0.3) is 0 Å². The summed E-state index contributed by atoms with van der Waals surface area (Å²) < 4.78 is 26.8. The molecule has 3 N–H and O–H groups in total. The lowest BCUT2D eigenvalue weighted by molar-refractivity contribution is 0.547. The minimum Gasteiger partial charge on any atom is -0.326 e. The molecule has 0 bridgehead atoms. The van der Waals surface area contributed by atoms with Crippen molar-refractivity contribution >= 4 is 22.4 Å². The lowest BCUT2D eigenvalue weighted by Gasteiger charge is -2.12. The average Bonchev–Trinajstić information content (AvgIpc) is 3.20. The summed E-state index contributed by atoms with van der Waals surface area (Å²) in [4.78, 5) is 0.305. The first kappa shape index (κ1) is 17.4. The Morgan fingerprint density at radius 1 is 1.25 bits per heavy atom. The molecule has 1 atom stereocenters. The fourth-order valence-electron chi connectivity index (χ4n) is 2.01. The third-order valence-electron chi connectivity index (χ3n) is 3.59. The molecule has 6 heteroatoms. The first-order valence-electron chi connectivity index (χ1n) is 6.75. The van der Waals surface area contributed by atoms with Gasteiger partial charge in [0, 0.05) is 12.6 Å². The molecule has 0 heterocycles. The maximum Gasteiger partial charge on any atom is 0.240 e. The molecule has 0 radical (unpaired) electrons. The second-order valence-electron chi connectivity index (χ2n) is 5.58. The zero-order chi connectivity index (χ0) is 14.0. The molecule has 1 saturated carbocycles. The van der Waals surface area contributed by atoms with Crippen LogP contribution in [-0.2, 0) is 10.0 Å². The Morgan fingerprint density at radius 3 is 2.25 bits per heavy atom. The highest BCUT2D eigenvalue weighted by molar-refractivity contribution is 7.89. The average molecular weight is 319 g/mol. The topological polar surface area (TPSA) is 72.2 Å². The lowest BCUT2D eigenvalue weighted by Crippen LogP contribution is -2.38. The first-order valence-corrected chi connectivity index (χ1v) is 8.23. The van der Waals surface area contributed by atoms with E-state index in [-0.39, 0.29) is 18.4 Å². The van der Waals surface area contributed by atoms with Crippen molar-refractivity contribution in [3.8, 4) is 0 Å². The second-order valence-corrected chi connectivity index (χ2v) is 7.34. The van der Waals surface area contributed by atoms with Gasteiger partial charge in [-0.05, 0) is 42.4 Å². The van der Waals surface area contributed by atoms with Gasteiger partial charge in [-0.2, -0.15) is 0 Å². The highest BCUT2D eigenvalue weighted by atomic mass is 35.5. The summed E-state index contributed by atoms with van der Waals surface area (Å²) in [5.41, 5.74) is 7.03. The van der Waals surface area contributed by atoms with Gasteiger partial charge >= 0.3 is 0 Å². The van der Waals surface area contributed by atoms with E-state index in [1.807, 2.05) is 12.1 Å². The molecule has 1 aliphatic carbocycles. The Morgan fingerprint density at radius 2 is 1.80 bits per heavy atom. The molecule has 0 spiro atoms. The molecule has 0 aromatic heterocycles. The van der Waals surface area contributed by atoms with Gasteiger partial charge in [-0.15, -0.1) is 12.4 Å². The summed E-state index contributed by atoms with van der Waals surface area (Å²) in [6.45, 7) is 4.48. The number of halogens is 1. The molecule has 114 valence electrons. The Kier molecular flexibility index (Phi) is 6.01. The molecule has 1 fully saturated rings. The molecule has 20 heavy (non-hydrogen) atoms. The molecule has 0 aliphatic heterocycles. The summed E-state index contributed by atoms with van der Waals surface area (Å²) in [5, 5.41) is 0. The van der Waals surface area contributed by atoms with Crippen LogP contribution >= 0.6 is 12.4 Å². The molecule has 4 nitrogen and oxygen atoms in total. The normalized spacial score (nSPS) is 16.8. The van der Waals surface area contributed by atoms with E-state index in [1.54, 1.807) is 12.1 Å². The zero-order valence-electron chi connectivity index (χ0n) is 11.9. The molecule has 1 unspecified atom stereocenters. The molecule has 2 rings (SSSR count). The van der Waals surface area contributed by atoms with Gasteiger partial charge in [0.15, 0.2) is 0 Å². The van der Waals surface area contributed by atoms with Gasteiger partial charge in [0.25, 0.3) is 0 Å². The number of hydrogen-bond donors (Lipinski definition) is 2. The van der Waals surface area contributed by atoms with Crippen molar-refractivity contribution < 1.29 is 8.42 Å². The third kappa shape index (κ3) is 4.45. The maximum atomic E-state index is 12.1. The third-order valence-corrected chi connectivity index (χ3v) is 5.03. The van der Waals surface area contributed by atoms with E-state index >= 15 is 0 Å². The summed E-state index contributed by atoms with van der Waals surface area (Å²) in [6.07, 6.45) is 2.23. The Balaban J connectivity index is 0.00000200. The van der Waals surface area contributed by atoms with Gasteiger partial charge in [-0.25, -0.2) is 13.1 Å². The van der Waals surface area contributed by atoms with Gasteiger partial charge in [-0.3, -0.25) is 0 Å². The van der Waals surface area contributed by atoms with E-state index in [4.69, 9.17) is 5.73 Å². The van der Waals surface area contributed by atoms with Gasteiger partial charge in [0.1, 0.15) is 0 Å². The SMILES string of the molecule is CC(C)c1ccc(S(=O)(=O)NCC(N)C2CC2)cc1.Cl. The first-order chi connectivity index (χ1) is 8.90. The van der Waals surface area contributed by atoms with Crippen molar-refractivity contribution in [2.75, 3.05) is 6.54 Å². The fourth-order valence-corrected chi connectivity index (χ4v) is 3.09. The molecule has 1 aromatic rings. The van der Waals surface area contributed by atoms with Crippen LogP contribution < -0.4 is 10.5 Å². The second kappa shape index (κ2) is 6.89. The highest BCUT2D eigenvalue weighted by Crippen LogP contribution is 2.31. The van der Waals surface area contributed by atoms with Gasteiger partial charge in [-0.1, -0.05) is 26.0 Å². The number of benzene rings is 1. The zero-order valence-corrected chi connectivity index (χ0v) is 13.5. The molecular formula is C14H23ClN2O2S. The minimum atomic E-state index is -3.43. The van der Waals surface area contributed by atoms with Gasteiger partial charge < -0.3 is 5.73 Å². The largest absolute Gasteiger partial charge is 0.326 e. The van der Waals surface area contributed by atoms with Crippen molar-refractivity contribution in [2.45, 2.75) is 43.5 Å². The monoisotopic (exact) mass is 318 g/mol. The molecule has 0 amide bonds. The summed E-state index contributed by atoms with van der Waals surface area (Å²) in [7, 11) is -3.43. The van der Waals surface area contributed by atoms with Crippen LogP contribution in [0.3, 0.4) is 0 Å². The number of hydrogen-bond acceptors (Lipinski definition) is 3. The van der Waals surface area contributed by atoms with Gasteiger partial charge in [0.05, 0.1) is 4.90 Å². The maximum absolute atomic E-state index is 12.1. The van der Waals surface area contributed by atoms with Gasteiger partial charge in [0.2, 0.25) is 10.0 Å². The summed E-state index contributed by atoms with van der Waals surface area (Å²) in [5.74, 6) is 0.888. The van der Waals surface area contributed by atoms with Crippen LogP contribution in [0.1, 0.15) is 38.2 Å². The molecule has 1 aliphatic rings. The number of rotatable bonds is 6. The summed E-state index contributed by atoms with van der Waals surface area (Å²) >= 11 is 0. The fraction of sp³-hybridized carbons (Fsp3) is 0.571. The van der Waals surface area contributed by atoms with Crippen LogP contribution in [0.5, 0.6) is 0 Å². The van der Waals surface area contributed by atoms with Crippen LogP contribution in [-0.4, -0.2) is 21.0 Å². The minimum absolute atomic E-state index is 0. The number of nitrogens with two attached hydrogens (primary N) is 1. The predicted octanol–water partition coefficient (Wildman–Crippen LogP) is 2.25. The standard InChI is InChI=1S/C14H22N2O2S.ClH/c1-10(2)11-5-7-13(8-6-11)19(17,18)16-9-14(15)12-3-4-12;/h5-8,10,12,14,16H,3-4,9,15H2,1-2H3;1H. The smallest absolute Gasteiger partial charge is 0.240 e. The molecule has 0 saturated heterocycles.